The Kier molecular flexibility index (Phi) is 3.33. The second-order valence-corrected chi connectivity index (χ2v) is 4.32. The third kappa shape index (κ3) is 2.21. The molecule has 0 saturated carbocycles. The van der Waals surface area contributed by atoms with Crippen molar-refractivity contribution in [2.24, 2.45) is 0 Å². The predicted molar refractivity (Wildman–Crippen MR) is 63.3 cm³/mol. The molecule has 0 radical (unpaired) electrons. The van der Waals surface area contributed by atoms with E-state index < -0.39 is 11.0 Å². The van der Waals surface area contributed by atoms with Gasteiger partial charge in [-0.3, -0.25) is 14.9 Å². The molecule has 1 amide bonds. The number of nitro groups is 1. The summed E-state index contributed by atoms with van der Waals surface area (Å²) in [6.07, 6.45) is 1.43. The van der Waals surface area contributed by atoms with Crippen LogP contribution in [0.2, 0.25) is 0 Å². The molecule has 1 saturated heterocycles. The summed E-state index contributed by atoms with van der Waals surface area (Å²) in [6, 6.07) is 1.29. The minimum absolute atomic E-state index is 0.0834. The summed E-state index contributed by atoms with van der Waals surface area (Å²) in [7, 11) is 0. The largest absolute Gasteiger partial charge is 0.391 e. The first-order valence-electron chi connectivity index (χ1n) is 5.84. The fourth-order valence-corrected chi connectivity index (χ4v) is 2.12. The number of nitrogens with zero attached hydrogens (tertiary/aromatic N) is 3. The van der Waals surface area contributed by atoms with E-state index in [4.69, 9.17) is 0 Å². The fourth-order valence-electron chi connectivity index (χ4n) is 2.12. The lowest BCUT2D eigenvalue weighted by Gasteiger charge is -2.16. The van der Waals surface area contributed by atoms with Crippen molar-refractivity contribution in [3.8, 4) is 0 Å². The first kappa shape index (κ1) is 12.6. The Hall–Kier alpha value is -1.89. The Morgan fingerprint density at radius 2 is 2.39 bits per heavy atom. The smallest absolute Gasteiger partial charge is 0.287 e. The standard InChI is InChI=1S/C11H15N3O4/c1-2-12-6-8(14(17)18)5-10(12)11(16)13-4-3-9(15)7-13/h5-6,9,15H,2-4,7H2,1H3/t9-/m0/s1. The molecule has 1 aromatic rings. The zero-order valence-electron chi connectivity index (χ0n) is 10.1. The molecule has 0 spiro atoms. The van der Waals surface area contributed by atoms with Crippen LogP contribution in [0.15, 0.2) is 12.3 Å². The molecule has 1 N–H and O–H groups in total. The quantitative estimate of drug-likeness (QED) is 0.631. The Balaban J connectivity index is 2.26. The monoisotopic (exact) mass is 253 g/mol. The first-order chi connectivity index (χ1) is 8.52. The normalized spacial score (nSPS) is 19.2. The molecule has 0 unspecified atom stereocenters. The lowest BCUT2D eigenvalue weighted by atomic mass is 10.3. The van der Waals surface area contributed by atoms with Crippen LogP contribution in [0.4, 0.5) is 5.69 Å². The number of carbonyl (C=O) groups is 1. The van der Waals surface area contributed by atoms with Gasteiger partial charge in [-0.25, -0.2) is 0 Å². The summed E-state index contributed by atoms with van der Waals surface area (Å²) < 4.78 is 1.56. The molecule has 2 heterocycles. The zero-order chi connectivity index (χ0) is 13.3. The van der Waals surface area contributed by atoms with Crippen LogP contribution in [0.5, 0.6) is 0 Å². The van der Waals surface area contributed by atoms with Crippen molar-refractivity contribution >= 4 is 11.6 Å². The maximum absolute atomic E-state index is 12.2. The van der Waals surface area contributed by atoms with Crippen LogP contribution in [0.3, 0.4) is 0 Å². The second-order valence-electron chi connectivity index (χ2n) is 4.32. The van der Waals surface area contributed by atoms with E-state index in [-0.39, 0.29) is 11.6 Å². The van der Waals surface area contributed by atoms with Gasteiger partial charge in [-0.1, -0.05) is 0 Å². The number of hydrogen-bond acceptors (Lipinski definition) is 4. The van der Waals surface area contributed by atoms with Crippen molar-refractivity contribution in [1.29, 1.82) is 0 Å². The average Bonchev–Trinajstić information content (AvgIpc) is 2.93. The highest BCUT2D eigenvalue weighted by Gasteiger charge is 2.28. The summed E-state index contributed by atoms with van der Waals surface area (Å²) in [4.78, 5) is 23.9. The van der Waals surface area contributed by atoms with Crippen molar-refractivity contribution in [3.05, 3.63) is 28.1 Å². The van der Waals surface area contributed by atoms with Crippen molar-refractivity contribution in [2.45, 2.75) is 26.0 Å². The molecule has 0 aromatic carbocycles. The Morgan fingerprint density at radius 3 is 2.89 bits per heavy atom. The minimum Gasteiger partial charge on any atom is -0.391 e. The Morgan fingerprint density at radius 1 is 1.67 bits per heavy atom. The summed E-state index contributed by atoms with van der Waals surface area (Å²) in [5.74, 6) is -0.262. The molecule has 1 aromatic heterocycles. The minimum atomic E-state index is -0.512. The molecule has 1 aliphatic heterocycles. The van der Waals surface area contributed by atoms with E-state index in [0.717, 1.165) is 0 Å². The van der Waals surface area contributed by atoms with E-state index in [1.165, 1.54) is 17.2 Å². The van der Waals surface area contributed by atoms with Gasteiger partial charge in [0.15, 0.2) is 0 Å². The van der Waals surface area contributed by atoms with Gasteiger partial charge in [0, 0.05) is 25.7 Å². The fraction of sp³-hybridized carbons (Fsp3) is 0.545. The first-order valence-corrected chi connectivity index (χ1v) is 5.84. The van der Waals surface area contributed by atoms with Gasteiger partial charge in [-0.2, -0.15) is 0 Å². The molecule has 0 bridgehead atoms. The number of rotatable bonds is 3. The highest BCUT2D eigenvalue weighted by Crippen LogP contribution is 2.20. The molecule has 1 fully saturated rings. The summed E-state index contributed by atoms with van der Waals surface area (Å²) in [5, 5.41) is 20.1. The van der Waals surface area contributed by atoms with Gasteiger partial charge < -0.3 is 14.6 Å². The van der Waals surface area contributed by atoms with Crippen molar-refractivity contribution in [2.75, 3.05) is 13.1 Å². The summed E-state index contributed by atoms with van der Waals surface area (Å²) in [5.41, 5.74) is 0.221. The third-order valence-electron chi connectivity index (χ3n) is 3.10. The Labute approximate surface area is 104 Å². The topological polar surface area (TPSA) is 88.6 Å². The van der Waals surface area contributed by atoms with Crippen LogP contribution in [0.1, 0.15) is 23.8 Å². The lowest BCUT2D eigenvalue weighted by molar-refractivity contribution is -0.384. The molecule has 0 aliphatic carbocycles. The maximum Gasteiger partial charge on any atom is 0.287 e. The number of hydrogen-bond donors (Lipinski definition) is 1. The highest BCUT2D eigenvalue weighted by atomic mass is 16.6. The molecule has 98 valence electrons. The molecule has 7 heteroatoms. The third-order valence-corrected chi connectivity index (χ3v) is 3.10. The number of aliphatic hydroxyl groups excluding tert-OH is 1. The van der Waals surface area contributed by atoms with Gasteiger partial charge in [-0.15, -0.1) is 0 Å². The highest BCUT2D eigenvalue weighted by molar-refractivity contribution is 5.93. The van der Waals surface area contributed by atoms with Crippen LogP contribution in [-0.4, -0.2) is 44.6 Å². The summed E-state index contributed by atoms with van der Waals surface area (Å²) >= 11 is 0. The number of carbonyl (C=O) groups excluding carboxylic acids is 1. The van der Waals surface area contributed by atoms with Crippen LogP contribution in [0.25, 0.3) is 0 Å². The molecular weight excluding hydrogens is 238 g/mol. The second kappa shape index (κ2) is 4.77. The van der Waals surface area contributed by atoms with Gasteiger partial charge in [0.25, 0.3) is 11.6 Å². The van der Waals surface area contributed by atoms with E-state index in [1.807, 2.05) is 6.92 Å². The maximum atomic E-state index is 12.2. The van der Waals surface area contributed by atoms with E-state index in [0.29, 0.717) is 31.7 Å². The van der Waals surface area contributed by atoms with Gasteiger partial charge >= 0.3 is 0 Å². The van der Waals surface area contributed by atoms with Crippen LogP contribution in [0, 0.1) is 10.1 Å². The number of aliphatic hydroxyl groups is 1. The Bertz CT molecular complexity index is 483. The van der Waals surface area contributed by atoms with Gasteiger partial charge in [0.1, 0.15) is 5.69 Å². The van der Waals surface area contributed by atoms with E-state index in [2.05, 4.69) is 0 Å². The van der Waals surface area contributed by atoms with Gasteiger partial charge in [-0.05, 0) is 13.3 Å². The van der Waals surface area contributed by atoms with Crippen molar-refractivity contribution in [3.63, 3.8) is 0 Å². The predicted octanol–water partition coefficient (Wildman–Crippen LogP) is 0.623. The number of amides is 1. The van der Waals surface area contributed by atoms with Gasteiger partial charge in [0.05, 0.1) is 17.2 Å². The number of aryl methyl sites for hydroxylation is 1. The summed E-state index contributed by atoms with van der Waals surface area (Å²) in [6.45, 7) is 3.09. The van der Waals surface area contributed by atoms with Crippen LogP contribution >= 0.6 is 0 Å². The molecular formula is C11H15N3O4. The van der Waals surface area contributed by atoms with E-state index in [1.54, 1.807) is 4.57 Å². The molecule has 18 heavy (non-hydrogen) atoms. The zero-order valence-corrected chi connectivity index (χ0v) is 10.1. The lowest BCUT2D eigenvalue weighted by Crippen LogP contribution is -2.31. The van der Waals surface area contributed by atoms with Crippen LogP contribution < -0.4 is 0 Å². The number of β-amino-alcohol motifs (C(OH)–C–C–N with tert-alkyl or cyclic N) is 1. The molecule has 1 atom stereocenters. The average molecular weight is 253 g/mol. The van der Waals surface area contributed by atoms with Crippen molar-refractivity contribution < 1.29 is 14.8 Å². The van der Waals surface area contributed by atoms with Crippen molar-refractivity contribution in [1.82, 2.24) is 9.47 Å². The molecule has 7 nitrogen and oxygen atoms in total. The van der Waals surface area contributed by atoms with Crippen LogP contribution in [-0.2, 0) is 6.54 Å². The number of likely N-dealkylation sites (tertiary alicyclic amines) is 1. The van der Waals surface area contributed by atoms with E-state index >= 15 is 0 Å². The van der Waals surface area contributed by atoms with Gasteiger partial charge in [0.2, 0.25) is 0 Å². The molecule has 2 rings (SSSR count). The SMILES string of the molecule is CCn1cc([N+](=O)[O-])cc1C(=O)N1CC[C@H](O)C1. The number of aromatic nitrogens is 1. The van der Waals surface area contributed by atoms with E-state index in [9.17, 15) is 20.0 Å². The molecule has 1 aliphatic rings.